The Bertz CT molecular complexity index is 242. The Hall–Kier alpha value is -1.71. The first-order valence-corrected chi connectivity index (χ1v) is 2.51. The molecule has 0 atom stereocenters. The molecule has 66 valence electrons. The van der Waals surface area contributed by atoms with E-state index in [0.29, 0.717) is 0 Å². The molecule has 0 bridgehead atoms. The second-order valence-corrected chi connectivity index (χ2v) is 1.39. The molecule has 12 heavy (non-hydrogen) atoms. The van der Waals surface area contributed by atoms with Crippen molar-refractivity contribution in [3.8, 4) is 12.1 Å². The first kappa shape index (κ1) is 10.3. The van der Waals surface area contributed by atoms with Gasteiger partial charge in [-0.25, -0.2) is 4.79 Å². The molecule has 0 aliphatic rings. The molecule has 0 unspecified atom stereocenters. The van der Waals surface area contributed by atoms with E-state index >= 15 is 0 Å². The van der Waals surface area contributed by atoms with Gasteiger partial charge in [0.2, 0.25) is 0 Å². The van der Waals surface area contributed by atoms with E-state index in [9.17, 15) is 22.9 Å². The third kappa shape index (κ3) is 3.46. The molecule has 0 saturated carbocycles. The van der Waals surface area contributed by atoms with Gasteiger partial charge in [-0.3, -0.25) is 4.79 Å². The van der Waals surface area contributed by atoms with Gasteiger partial charge in [0.25, 0.3) is 0 Å². The van der Waals surface area contributed by atoms with Gasteiger partial charge in [0, 0.05) is 5.34 Å². The van der Waals surface area contributed by atoms with Gasteiger partial charge in [0.15, 0.2) is 6.61 Å². The van der Waals surface area contributed by atoms with E-state index in [1.807, 2.05) is 0 Å². The van der Waals surface area contributed by atoms with Crippen LogP contribution in [0, 0.1) is 12.1 Å². The molecule has 0 aliphatic carbocycles. The fourth-order valence-corrected chi connectivity index (χ4v) is 0.260. The van der Waals surface area contributed by atoms with Gasteiger partial charge in [-0.05, 0) is 5.92 Å². The fraction of sp³-hybridized carbons (Fsp3) is 0.200. The zero-order valence-corrected chi connectivity index (χ0v) is 5.51. The van der Waals surface area contributed by atoms with Crippen molar-refractivity contribution in [1.29, 1.82) is 0 Å². The Morgan fingerprint density at radius 2 is 2.00 bits per heavy atom. The summed E-state index contributed by atoms with van der Waals surface area (Å²) in [6.45, 7) is -0.741. The lowest BCUT2D eigenvalue weighted by Gasteiger charge is -1.98. The molecule has 0 aliphatic heterocycles. The molecular weight excluding hydrogens is 179 g/mol. The van der Waals surface area contributed by atoms with Crippen molar-refractivity contribution < 1.29 is 27.7 Å². The number of carbonyl (C=O) groups is 2. The van der Waals surface area contributed by atoms with Gasteiger partial charge in [0.05, 0.1) is 0 Å². The van der Waals surface area contributed by atoms with Crippen LogP contribution in [0.5, 0.6) is 0 Å². The molecule has 7 heteroatoms. The lowest BCUT2D eigenvalue weighted by atomic mass is 10.6. The smallest absolute Gasteiger partial charge is 0.403 e. The maximum absolute atomic E-state index is 11.3. The van der Waals surface area contributed by atoms with Crippen LogP contribution in [-0.2, 0) is 14.3 Å². The minimum Gasteiger partial charge on any atom is -0.445 e. The normalized spacial score (nSPS) is 7.92. The number of nitrogens with zero attached hydrogens (tertiary/aromatic N) is 1. The predicted octanol–water partition coefficient (Wildman–Crippen LogP) is 0.0576. The van der Waals surface area contributed by atoms with Gasteiger partial charge in [-0.2, -0.15) is 0 Å². The van der Waals surface area contributed by atoms with Crippen molar-refractivity contribution in [1.82, 2.24) is 5.34 Å². The average molecular weight is 181 g/mol. The summed E-state index contributed by atoms with van der Waals surface area (Å²) in [6, 6.07) is 0. The summed E-state index contributed by atoms with van der Waals surface area (Å²) in [6.07, 6.45) is 0.852. The number of amides is 1. The van der Waals surface area contributed by atoms with Gasteiger partial charge in [0.1, 0.15) is 6.17 Å². The Labute approximate surface area is 64.8 Å². The molecule has 0 saturated heterocycles. The highest BCUT2D eigenvalue weighted by atomic mass is 19.4. The van der Waals surface area contributed by atoms with Crippen molar-refractivity contribution in [3.63, 3.8) is 0 Å². The van der Waals surface area contributed by atoms with Crippen LogP contribution in [0.4, 0.5) is 13.4 Å². The minimum atomic E-state index is -2.13. The van der Waals surface area contributed by atoms with Crippen molar-refractivity contribution in [2.24, 2.45) is 0 Å². The van der Waals surface area contributed by atoms with Gasteiger partial charge in [-0.15, -0.1) is 4.39 Å². The Balaban J connectivity index is 3.86. The minimum absolute atomic E-state index is 0.741. The summed E-state index contributed by atoms with van der Waals surface area (Å²) in [4.78, 5) is 20.2. The molecule has 0 N–H and O–H groups in total. The van der Waals surface area contributed by atoms with Crippen LogP contribution in [0.3, 0.4) is 0 Å². The highest BCUT2D eigenvalue weighted by Gasteiger charge is 2.23. The highest BCUT2D eigenvalue weighted by molar-refractivity contribution is 6.31. The van der Waals surface area contributed by atoms with Crippen LogP contribution in [0.25, 0.3) is 0 Å². The highest BCUT2D eigenvalue weighted by Crippen LogP contribution is 1.92. The van der Waals surface area contributed by atoms with Gasteiger partial charge < -0.3 is 4.74 Å². The van der Waals surface area contributed by atoms with E-state index in [2.05, 4.69) is 4.74 Å². The summed E-state index contributed by atoms with van der Waals surface area (Å²) < 4.78 is 37.3. The molecular formula is C5H2F3NO3. The number of hydrogen-bond donors (Lipinski definition) is 0. The topological polar surface area (TPSA) is 46.6 Å². The molecule has 0 aromatic heterocycles. The van der Waals surface area contributed by atoms with Crippen LogP contribution >= 0.6 is 0 Å². The maximum atomic E-state index is 11.3. The van der Waals surface area contributed by atoms with E-state index in [-0.39, 0.29) is 0 Å². The number of carbonyl (C=O) groups excluding carboxylic acids is 2. The van der Waals surface area contributed by atoms with Crippen LogP contribution < -0.4 is 0 Å². The van der Waals surface area contributed by atoms with Crippen LogP contribution in [0.2, 0.25) is 0 Å². The first-order valence-electron chi connectivity index (χ1n) is 2.51. The number of halogens is 3. The second kappa shape index (κ2) is 5.01. The second-order valence-electron chi connectivity index (χ2n) is 1.39. The zero-order valence-electron chi connectivity index (χ0n) is 5.51. The standard InChI is InChI=1S/C5H2F3NO3/c6-2-1-3-12-5(11)4(10)9(7)8/h3H2. The third-order valence-electron chi connectivity index (χ3n) is 0.670. The quantitative estimate of drug-likeness (QED) is 0.248. The van der Waals surface area contributed by atoms with E-state index in [0.717, 1.165) is 6.17 Å². The summed E-state index contributed by atoms with van der Waals surface area (Å²) in [5.41, 5.74) is 0. The number of ether oxygens (including phenoxy) is 1. The Morgan fingerprint density at radius 3 is 2.42 bits per heavy atom. The van der Waals surface area contributed by atoms with Crippen LogP contribution in [-0.4, -0.2) is 23.8 Å². The predicted molar refractivity (Wildman–Crippen MR) is 28.9 cm³/mol. The lowest BCUT2D eigenvalue weighted by molar-refractivity contribution is -0.196. The van der Waals surface area contributed by atoms with Crippen LogP contribution in [0.1, 0.15) is 0 Å². The van der Waals surface area contributed by atoms with Gasteiger partial charge >= 0.3 is 11.9 Å². The molecule has 0 fully saturated rings. The SMILES string of the molecule is O=C(OCC#CF)C(=O)N(F)F. The summed E-state index contributed by atoms with van der Waals surface area (Å²) in [7, 11) is 0. The molecule has 4 nitrogen and oxygen atoms in total. The first-order chi connectivity index (χ1) is 5.59. The van der Waals surface area contributed by atoms with E-state index in [4.69, 9.17) is 0 Å². The van der Waals surface area contributed by atoms with Crippen molar-refractivity contribution in [3.05, 3.63) is 0 Å². The van der Waals surface area contributed by atoms with Crippen molar-refractivity contribution in [2.45, 2.75) is 0 Å². The van der Waals surface area contributed by atoms with Gasteiger partial charge in [-0.1, -0.05) is 8.96 Å². The van der Waals surface area contributed by atoms with Crippen LogP contribution in [0.15, 0.2) is 0 Å². The van der Waals surface area contributed by atoms with E-state index in [1.165, 1.54) is 0 Å². The van der Waals surface area contributed by atoms with E-state index in [1.54, 1.807) is 5.92 Å². The number of rotatable bonds is 1. The van der Waals surface area contributed by atoms with Crippen molar-refractivity contribution >= 4 is 11.9 Å². The maximum Gasteiger partial charge on any atom is 0.403 e. The molecule has 0 radical (unpaired) electrons. The Kier molecular flexibility index (Phi) is 4.30. The number of hydrogen-bond acceptors (Lipinski definition) is 3. The molecule has 0 aromatic rings. The monoisotopic (exact) mass is 181 g/mol. The molecule has 0 spiro atoms. The lowest BCUT2D eigenvalue weighted by Crippen LogP contribution is -2.26. The fourth-order valence-electron chi connectivity index (χ4n) is 0.260. The summed E-state index contributed by atoms with van der Waals surface area (Å²) >= 11 is 0. The molecule has 0 heterocycles. The largest absolute Gasteiger partial charge is 0.445 e. The van der Waals surface area contributed by atoms with Crippen molar-refractivity contribution in [2.75, 3.05) is 6.61 Å². The molecule has 0 aromatic carbocycles. The van der Waals surface area contributed by atoms with E-state index < -0.39 is 23.8 Å². The summed E-state index contributed by atoms with van der Waals surface area (Å²) in [5.74, 6) is -2.32. The molecule has 1 amide bonds. The number of esters is 1. The summed E-state index contributed by atoms with van der Waals surface area (Å²) in [5, 5.41) is -1.94. The third-order valence-corrected chi connectivity index (χ3v) is 0.670. The molecule has 0 rings (SSSR count). The Morgan fingerprint density at radius 1 is 1.42 bits per heavy atom. The zero-order chi connectivity index (χ0) is 9.56. The average Bonchev–Trinajstić information content (AvgIpc) is 2.03.